The monoisotopic (exact) mass is 468 g/mol. The van der Waals surface area contributed by atoms with E-state index in [1.165, 1.54) is 12.7 Å². The summed E-state index contributed by atoms with van der Waals surface area (Å²) in [6.07, 6.45) is 0.622. The smallest absolute Gasteiger partial charge is 0.364 e. The molecule has 35 heavy (non-hydrogen) atoms. The molecule has 1 aliphatic heterocycles. The summed E-state index contributed by atoms with van der Waals surface area (Å²) in [5.41, 5.74) is 7.25. The first-order chi connectivity index (χ1) is 17.2. The van der Waals surface area contributed by atoms with Gasteiger partial charge in [0, 0.05) is 28.5 Å². The zero-order valence-electron chi connectivity index (χ0n) is 19.6. The summed E-state index contributed by atoms with van der Waals surface area (Å²) in [4.78, 5) is 16.2. The molecule has 176 valence electrons. The van der Waals surface area contributed by atoms with Gasteiger partial charge in [0.15, 0.2) is 12.1 Å². The Hall–Kier alpha value is -4.17. The Labute approximate surface area is 201 Å². The molecule has 3 N–H and O–H groups in total. The third-order valence-electron chi connectivity index (χ3n) is 6.91. The van der Waals surface area contributed by atoms with E-state index in [0.717, 1.165) is 44.5 Å². The number of carbonyl (C=O) groups excluding carboxylic acids is 1. The number of nitrogens with two attached hydrogens (primary N) is 1. The molecule has 6 rings (SSSR count). The summed E-state index contributed by atoms with van der Waals surface area (Å²) >= 11 is 0. The van der Waals surface area contributed by atoms with E-state index in [1.807, 2.05) is 47.1 Å². The number of aromatic nitrogens is 4. The molecule has 0 unspecified atom stereocenters. The highest BCUT2D eigenvalue weighted by atomic mass is 16.5. The first-order valence-corrected chi connectivity index (χ1v) is 11.6. The fourth-order valence-electron chi connectivity index (χ4n) is 5.22. The van der Waals surface area contributed by atoms with E-state index < -0.39 is 0 Å². The molecular weight excluding hydrogens is 442 g/mol. The number of hydrogen-bond donors (Lipinski definition) is 2. The van der Waals surface area contributed by atoms with Gasteiger partial charge in [-0.1, -0.05) is 35.5 Å². The number of rotatable bonds is 5. The maximum atomic E-state index is 12.6. The molecule has 8 nitrogen and oxygen atoms in total. The second-order valence-corrected chi connectivity index (χ2v) is 8.87. The summed E-state index contributed by atoms with van der Waals surface area (Å²) in [7, 11) is 3.12. The van der Waals surface area contributed by atoms with E-state index in [1.54, 1.807) is 7.11 Å². The quantitative estimate of drug-likeness (QED) is 0.387. The van der Waals surface area contributed by atoms with Crippen LogP contribution in [0.5, 0.6) is 5.75 Å². The van der Waals surface area contributed by atoms with Crippen LogP contribution in [0.25, 0.3) is 21.9 Å². The minimum atomic E-state index is -0.318. The van der Waals surface area contributed by atoms with Gasteiger partial charge in [0.05, 0.1) is 32.0 Å². The minimum absolute atomic E-state index is 0.0904. The molecule has 2 aromatic heterocycles. The van der Waals surface area contributed by atoms with Crippen molar-refractivity contribution in [1.82, 2.24) is 20.0 Å². The molecule has 0 saturated carbocycles. The molecule has 0 bridgehead atoms. The van der Waals surface area contributed by atoms with E-state index in [0.29, 0.717) is 13.0 Å². The number of para-hydroxylation sites is 2. The number of ether oxygens (including phenoxy) is 2. The fourth-order valence-corrected chi connectivity index (χ4v) is 5.22. The van der Waals surface area contributed by atoms with Crippen LogP contribution >= 0.6 is 0 Å². The van der Waals surface area contributed by atoms with Crippen molar-refractivity contribution in [2.75, 3.05) is 14.2 Å². The number of hydrogen-bond acceptors (Lipinski definition) is 5. The third kappa shape index (κ3) is 3.63. The standard InChI is InChI=1S/C27H25N5O3/c1-34-24-12-11-16(13-17(24)15-32-23-10-6-5-9-21(23)30-31-32)25-26-19(14-22(29-25)27(33)35-2)18-7-3-4-8-20(18)28-26/h3-13,22,25,28-29H,14-15H2,1-2H3/p+1/t22-,25+/m0/s1. The van der Waals surface area contributed by atoms with Gasteiger partial charge >= 0.3 is 5.97 Å². The summed E-state index contributed by atoms with van der Waals surface area (Å²) in [5, 5.41) is 11.9. The zero-order chi connectivity index (χ0) is 23.9. The van der Waals surface area contributed by atoms with Gasteiger partial charge in [-0.2, -0.15) is 0 Å². The van der Waals surface area contributed by atoms with Crippen LogP contribution in [0.4, 0.5) is 0 Å². The lowest BCUT2D eigenvalue weighted by Crippen LogP contribution is -2.94. The fraction of sp³-hybridized carbons (Fsp3) is 0.222. The van der Waals surface area contributed by atoms with Gasteiger partial charge in [0.1, 0.15) is 11.3 Å². The van der Waals surface area contributed by atoms with Crippen LogP contribution in [0.3, 0.4) is 0 Å². The number of methoxy groups -OCH3 is 2. The molecule has 8 heteroatoms. The van der Waals surface area contributed by atoms with Crippen molar-refractivity contribution in [3.8, 4) is 5.75 Å². The van der Waals surface area contributed by atoms with Crippen molar-refractivity contribution in [3.05, 3.63) is 89.1 Å². The van der Waals surface area contributed by atoms with E-state index in [-0.39, 0.29) is 18.1 Å². The predicted octanol–water partition coefficient (Wildman–Crippen LogP) is 2.72. The molecule has 0 saturated heterocycles. The van der Waals surface area contributed by atoms with Crippen molar-refractivity contribution < 1.29 is 19.6 Å². The lowest BCUT2D eigenvalue weighted by Gasteiger charge is -2.27. The Morgan fingerprint density at radius 1 is 1.11 bits per heavy atom. The highest BCUT2D eigenvalue weighted by molar-refractivity contribution is 5.86. The normalized spacial score (nSPS) is 17.4. The molecule has 0 aliphatic carbocycles. The number of esters is 1. The Morgan fingerprint density at radius 2 is 1.94 bits per heavy atom. The Kier molecular flexibility index (Phi) is 5.22. The summed E-state index contributed by atoms with van der Waals surface area (Å²) in [5.74, 6) is 0.569. The third-order valence-corrected chi connectivity index (χ3v) is 6.91. The topological polar surface area (TPSA) is 98.6 Å². The zero-order valence-corrected chi connectivity index (χ0v) is 19.6. The first kappa shape index (κ1) is 21.4. The second-order valence-electron chi connectivity index (χ2n) is 8.87. The Balaban J connectivity index is 1.44. The number of H-pyrrole nitrogens is 1. The van der Waals surface area contributed by atoms with Crippen LogP contribution in [-0.4, -0.2) is 46.2 Å². The van der Waals surface area contributed by atoms with Crippen LogP contribution in [0, 0.1) is 0 Å². The molecule has 1 aliphatic rings. The molecule has 0 radical (unpaired) electrons. The summed E-state index contributed by atoms with van der Waals surface area (Å²) in [6.45, 7) is 0.518. The summed E-state index contributed by atoms with van der Waals surface area (Å²) < 4.78 is 12.7. The van der Waals surface area contributed by atoms with Gasteiger partial charge in [-0.15, -0.1) is 5.10 Å². The van der Waals surface area contributed by atoms with Crippen molar-refractivity contribution >= 4 is 27.9 Å². The van der Waals surface area contributed by atoms with Gasteiger partial charge in [0.2, 0.25) is 0 Å². The van der Waals surface area contributed by atoms with E-state index in [2.05, 4.69) is 44.9 Å². The molecular formula is C27H26N5O3+. The van der Waals surface area contributed by atoms with Crippen LogP contribution in [0.15, 0.2) is 66.7 Å². The van der Waals surface area contributed by atoms with E-state index >= 15 is 0 Å². The predicted molar refractivity (Wildman–Crippen MR) is 131 cm³/mol. The maximum Gasteiger partial charge on any atom is 0.364 e. The highest BCUT2D eigenvalue weighted by Crippen LogP contribution is 2.34. The SMILES string of the molecule is COC(=O)[C@@H]1Cc2c([nH]c3ccccc23)[C@@H](c2ccc(OC)c(Cn3nnc4ccccc43)c2)[NH2+]1. The molecule has 3 aromatic carbocycles. The lowest BCUT2D eigenvalue weighted by molar-refractivity contribution is -0.712. The molecule has 0 amide bonds. The number of benzene rings is 3. The van der Waals surface area contributed by atoms with Crippen molar-refractivity contribution in [1.29, 1.82) is 0 Å². The van der Waals surface area contributed by atoms with Gasteiger partial charge in [0.25, 0.3) is 0 Å². The number of quaternary nitrogens is 1. The van der Waals surface area contributed by atoms with Gasteiger partial charge in [-0.3, -0.25) is 0 Å². The average Bonchev–Trinajstić information content (AvgIpc) is 3.49. The molecule has 0 fully saturated rings. The maximum absolute atomic E-state index is 12.6. The molecule has 0 spiro atoms. The van der Waals surface area contributed by atoms with Gasteiger partial charge in [-0.25, -0.2) is 9.48 Å². The van der Waals surface area contributed by atoms with Gasteiger partial charge in [-0.05, 0) is 42.0 Å². The second kappa shape index (κ2) is 8.56. The lowest BCUT2D eigenvalue weighted by atomic mass is 9.89. The van der Waals surface area contributed by atoms with E-state index in [4.69, 9.17) is 9.47 Å². The summed E-state index contributed by atoms with van der Waals surface area (Å²) in [6, 6.07) is 21.9. The van der Waals surface area contributed by atoms with Crippen molar-refractivity contribution in [2.24, 2.45) is 0 Å². The number of carbonyl (C=O) groups is 1. The Bertz CT molecular complexity index is 1550. The van der Waals surface area contributed by atoms with Gasteiger partial charge < -0.3 is 19.8 Å². The van der Waals surface area contributed by atoms with Crippen LogP contribution in [-0.2, 0) is 22.5 Å². The van der Waals surface area contributed by atoms with Crippen LogP contribution in [0.2, 0.25) is 0 Å². The molecule has 5 aromatic rings. The average molecular weight is 469 g/mol. The molecule has 2 atom stereocenters. The van der Waals surface area contributed by atoms with Crippen molar-refractivity contribution in [2.45, 2.75) is 25.0 Å². The number of aromatic amines is 1. The number of nitrogens with zero attached hydrogens (tertiary/aromatic N) is 3. The largest absolute Gasteiger partial charge is 0.496 e. The van der Waals surface area contributed by atoms with Crippen LogP contribution in [0.1, 0.15) is 28.4 Å². The van der Waals surface area contributed by atoms with Crippen molar-refractivity contribution in [3.63, 3.8) is 0 Å². The number of nitrogens with one attached hydrogen (secondary N) is 1. The Morgan fingerprint density at radius 3 is 2.80 bits per heavy atom. The highest BCUT2D eigenvalue weighted by Gasteiger charge is 2.38. The first-order valence-electron chi connectivity index (χ1n) is 11.6. The number of fused-ring (bicyclic) bond motifs is 4. The minimum Gasteiger partial charge on any atom is -0.496 e. The van der Waals surface area contributed by atoms with E-state index in [9.17, 15) is 4.79 Å². The molecule has 3 heterocycles. The van der Waals surface area contributed by atoms with Crippen LogP contribution < -0.4 is 10.1 Å².